The maximum atomic E-state index is 10.7. The highest BCUT2D eigenvalue weighted by Crippen LogP contribution is 2.08. The maximum absolute atomic E-state index is 10.7. The number of rotatable bonds is 1. The van der Waals surface area contributed by atoms with Gasteiger partial charge in [-0.25, -0.2) is 10.9 Å². The molecular weight excluding hydrogens is 168 g/mol. The molecule has 5 nitrogen and oxygen atoms in total. The topological polar surface area (TPSA) is 98.4 Å². The van der Waals surface area contributed by atoms with E-state index in [0.717, 1.165) is 5.01 Å². The highest BCUT2D eigenvalue weighted by Gasteiger charge is 2.03. The average Bonchev–Trinajstić information content (AvgIpc) is 2.21. The summed E-state index contributed by atoms with van der Waals surface area (Å²) >= 11 is 0. The molecule has 0 bridgehead atoms. The van der Waals surface area contributed by atoms with Crippen molar-refractivity contribution in [1.82, 2.24) is 0 Å². The van der Waals surface area contributed by atoms with Crippen molar-refractivity contribution in [3.63, 3.8) is 0 Å². The van der Waals surface area contributed by atoms with Crippen molar-refractivity contribution in [2.75, 3.05) is 5.01 Å². The smallest absolute Gasteiger partial charge is 0.238 e. The molecule has 0 aromatic heterocycles. The molecule has 13 heavy (non-hydrogen) atoms. The van der Waals surface area contributed by atoms with Crippen LogP contribution in [-0.2, 0) is 4.79 Å². The van der Waals surface area contributed by atoms with E-state index < -0.39 is 0 Å². The molecule has 0 aliphatic heterocycles. The van der Waals surface area contributed by atoms with Gasteiger partial charge in [0.25, 0.3) is 0 Å². The Hall–Kier alpha value is -1.43. The summed E-state index contributed by atoms with van der Waals surface area (Å²) in [7, 11) is 0. The zero-order chi connectivity index (χ0) is 10.3. The highest BCUT2D eigenvalue weighted by atomic mass is 16.2. The van der Waals surface area contributed by atoms with Crippen molar-refractivity contribution in [2.24, 2.45) is 17.5 Å². The molecule has 72 valence electrons. The van der Waals surface area contributed by atoms with Gasteiger partial charge >= 0.3 is 0 Å². The number of carbonyl (C=O) groups is 1. The van der Waals surface area contributed by atoms with E-state index >= 15 is 0 Å². The Kier molecular flexibility index (Phi) is 5.45. The lowest BCUT2D eigenvalue weighted by Gasteiger charge is -2.13. The van der Waals surface area contributed by atoms with Crippen LogP contribution in [0.3, 0.4) is 0 Å². The largest absolute Gasteiger partial charge is 0.274 e. The SMILES string of the molecule is CC(=O)N(N)c1ccccc1.NN. The minimum Gasteiger partial charge on any atom is -0.274 e. The minimum absolute atomic E-state index is 0.170. The minimum atomic E-state index is -0.170. The number of hydrogen-bond acceptors (Lipinski definition) is 4. The van der Waals surface area contributed by atoms with Crippen molar-refractivity contribution < 1.29 is 4.79 Å². The third kappa shape index (κ3) is 3.66. The first kappa shape index (κ1) is 11.6. The molecular formula is C8H14N4O. The van der Waals surface area contributed by atoms with Crippen LogP contribution >= 0.6 is 0 Å². The number of anilines is 1. The average molecular weight is 182 g/mol. The van der Waals surface area contributed by atoms with E-state index in [2.05, 4.69) is 11.7 Å². The van der Waals surface area contributed by atoms with Gasteiger partial charge in [0.15, 0.2) is 0 Å². The van der Waals surface area contributed by atoms with Gasteiger partial charge in [-0.05, 0) is 12.1 Å². The van der Waals surface area contributed by atoms with Crippen LogP contribution in [0.2, 0.25) is 0 Å². The van der Waals surface area contributed by atoms with Gasteiger partial charge in [0.2, 0.25) is 5.91 Å². The lowest BCUT2D eigenvalue weighted by atomic mass is 10.3. The van der Waals surface area contributed by atoms with Crippen LogP contribution in [0.1, 0.15) is 6.92 Å². The second kappa shape index (κ2) is 6.13. The molecule has 0 radical (unpaired) electrons. The maximum Gasteiger partial charge on any atom is 0.238 e. The zero-order valence-electron chi connectivity index (χ0n) is 7.47. The number of benzene rings is 1. The van der Waals surface area contributed by atoms with Gasteiger partial charge in [0.05, 0.1) is 5.69 Å². The van der Waals surface area contributed by atoms with Crippen LogP contribution in [0, 0.1) is 0 Å². The highest BCUT2D eigenvalue weighted by molar-refractivity contribution is 5.89. The van der Waals surface area contributed by atoms with Gasteiger partial charge in [0, 0.05) is 6.92 Å². The quantitative estimate of drug-likeness (QED) is 0.316. The molecule has 0 fully saturated rings. The molecule has 0 aliphatic carbocycles. The monoisotopic (exact) mass is 182 g/mol. The number of amides is 1. The van der Waals surface area contributed by atoms with Crippen molar-refractivity contribution in [3.8, 4) is 0 Å². The van der Waals surface area contributed by atoms with Crippen LogP contribution < -0.4 is 22.5 Å². The Balaban J connectivity index is 0.000000671. The standard InChI is InChI=1S/C8H10N2O.H4N2/c1-7(11)10(9)8-5-3-2-4-6-8;1-2/h2-6H,9H2,1H3;1-2H2. The van der Waals surface area contributed by atoms with Crippen LogP contribution in [0.25, 0.3) is 0 Å². The Morgan fingerprint density at radius 1 is 1.23 bits per heavy atom. The van der Waals surface area contributed by atoms with Crippen molar-refractivity contribution in [1.29, 1.82) is 0 Å². The second-order valence-electron chi connectivity index (χ2n) is 2.22. The molecule has 5 heteroatoms. The third-order valence-electron chi connectivity index (χ3n) is 1.37. The summed E-state index contributed by atoms with van der Waals surface area (Å²) < 4.78 is 0. The van der Waals surface area contributed by atoms with E-state index in [9.17, 15) is 4.79 Å². The fourth-order valence-electron chi connectivity index (χ4n) is 0.770. The van der Waals surface area contributed by atoms with E-state index in [1.807, 2.05) is 18.2 Å². The van der Waals surface area contributed by atoms with Crippen molar-refractivity contribution in [2.45, 2.75) is 6.92 Å². The Bertz CT molecular complexity index is 250. The molecule has 1 aromatic carbocycles. The van der Waals surface area contributed by atoms with E-state index in [4.69, 9.17) is 5.84 Å². The molecule has 0 spiro atoms. The number of carbonyl (C=O) groups excluding carboxylic acids is 1. The Morgan fingerprint density at radius 2 is 1.69 bits per heavy atom. The summed E-state index contributed by atoms with van der Waals surface area (Å²) in [6, 6.07) is 9.09. The predicted molar refractivity (Wildman–Crippen MR) is 52.2 cm³/mol. The van der Waals surface area contributed by atoms with Gasteiger partial charge in [-0.1, -0.05) is 18.2 Å². The van der Waals surface area contributed by atoms with E-state index in [1.165, 1.54) is 6.92 Å². The van der Waals surface area contributed by atoms with Crippen molar-refractivity contribution >= 4 is 11.6 Å². The van der Waals surface area contributed by atoms with Crippen LogP contribution in [0.15, 0.2) is 30.3 Å². The predicted octanol–water partition coefficient (Wildman–Crippen LogP) is -0.268. The second-order valence-corrected chi connectivity index (χ2v) is 2.22. The lowest BCUT2D eigenvalue weighted by molar-refractivity contribution is -0.116. The third-order valence-corrected chi connectivity index (χ3v) is 1.37. The van der Waals surface area contributed by atoms with Gasteiger partial charge in [-0.2, -0.15) is 0 Å². The molecule has 0 heterocycles. The molecule has 0 saturated heterocycles. The van der Waals surface area contributed by atoms with E-state index in [0.29, 0.717) is 5.69 Å². The van der Waals surface area contributed by atoms with Crippen LogP contribution in [0.4, 0.5) is 5.69 Å². The molecule has 1 rings (SSSR count). The number of hydrazine groups is 2. The molecule has 6 N–H and O–H groups in total. The molecule has 0 unspecified atom stereocenters. The van der Waals surface area contributed by atoms with E-state index in [1.54, 1.807) is 12.1 Å². The molecule has 0 atom stereocenters. The Labute approximate surface area is 77.0 Å². The summed E-state index contributed by atoms with van der Waals surface area (Å²) in [5.74, 6) is 13.3. The Morgan fingerprint density at radius 3 is 2.08 bits per heavy atom. The first-order valence-corrected chi connectivity index (χ1v) is 3.65. The summed E-state index contributed by atoms with van der Waals surface area (Å²) in [4.78, 5) is 10.7. The van der Waals surface area contributed by atoms with Crippen LogP contribution in [0.5, 0.6) is 0 Å². The van der Waals surface area contributed by atoms with Gasteiger partial charge in [-0.15, -0.1) is 0 Å². The summed E-state index contributed by atoms with van der Waals surface area (Å²) in [6.07, 6.45) is 0. The normalized spacial score (nSPS) is 8.31. The number of para-hydroxylation sites is 1. The van der Waals surface area contributed by atoms with Gasteiger partial charge in [-0.3, -0.25) is 16.5 Å². The van der Waals surface area contributed by atoms with Crippen molar-refractivity contribution in [3.05, 3.63) is 30.3 Å². The fraction of sp³-hybridized carbons (Fsp3) is 0.125. The van der Waals surface area contributed by atoms with E-state index in [-0.39, 0.29) is 5.91 Å². The summed E-state index contributed by atoms with van der Waals surface area (Å²) in [6.45, 7) is 1.42. The lowest BCUT2D eigenvalue weighted by Crippen LogP contribution is -2.35. The number of nitrogens with zero attached hydrogens (tertiary/aromatic N) is 1. The zero-order valence-corrected chi connectivity index (χ0v) is 7.47. The summed E-state index contributed by atoms with van der Waals surface area (Å²) in [5, 5.41) is 1.11. The molecule has 1 amide bonds. The molecule has 0 saturated carbocycles. The fourth-order valence-corrected chi connectivity index (χ4v) is 0.770. The van der Waals surface area contributed by atoms with Crippen LogP contribution in [-0.4, -0.2) is 5.91 Å². The van der Waals surface area contributed by atoms with Gasteiger partial charge < -0.3 is 0 Å². The number of hydrogen-bond donors (Lipinski definition) is 3. The first-order valence-electron chi connectivity index (χ1n) is 3.65. The number of nitrogens with two attached hydrogens (primary N) is 3. The van der Waals surface area contributed by atoms with Gasteiger partial charge in [0.1, 0.15) is 0 Å². The molecule has 1 aromatic rings. The first-order chi connectivity index (χ1) is 6.22. The molecule has 0 aliphatic rings. The summed E-state index contributed by atoms with van der Waals surface area (Å²) in [5.41, 5.74) is 0.708.